The van der Waals surface area contributed by atoms with Gasteiger partial charge in [0.2, 0.25) is 9.76 Å². The summed E-state index contributed by atoms with van der Waals surface area (Å²) in [6.07, 6.45) is -1.20. The summed E-state index contributed by atoms with van der Waals surface area (Å²) in [5.74, 6) is 1.33. The highest BCUT2D eigenvalue weighted by Gasteiger charge is 2.28. The molecule has 9 nitrogen and oxygen atoms in total. The van der Waals surface area contributed by atoms with Gasteiger partial charge in [0.1, 0.15) is 35.0 Å². The Bertz CT molecular complexity index is 1890. The number of hydrogen-bond acceptors (Lipinski definition) is 7. The number of aromatic nitrogens is 3. The van der Waals surface area contributed by atoms with E-state index in [4.69, 9.17) is 23.7 Å². The maximum absolute atomic E-state index is 13.8. The fourth-order valence-electron chi connectivity index (χ4n) is 4.82. The third kappa shape index (κ3) is 7.79. The molecule has 0 bridgehead atoms. The van der Waals surface area contributed by atoms with Crippen molar-refractivity contribution < 1.29 is 28.2 Å². The van der Waals surface area contributed by atoms with Crippen LogP contribution in [0.2, 0.25) is 5.04 Å². The number of carbonyl (C=O) groups is 2. The smallest absolute Gasteiger partial charge is 0.435 e. The molecule has 0 atom stereocenters. The largest absolute Gasteiger partial charge is 0.549 e. The van der Waals surface area contributed by atoms with Gasteiger partial charge >= 0.3 is 12.2 Å². The van der Waals surface area contributed by atoms with Crippen molar-refractivity contribution in [3.63, 3.8) is 0 Å². The first kappa shape index (κ1) is 32.8. The Kier molecular flexibility index (Phi) is 8.79. The van der Waals surface area contributed by atoms with Crippen LogP contribution in [0.25, 0.3) is 33.2 Å². The molecule has 5 aromatic rings. The highest BCUT2D eigenvalue weighted by Crippen LogP contribution is 2.37. The molecule has 2 heterocycles. The van der Waals surface area contributed by atoms with Gasteiger partial charge in [0, 0.05) is 10.8 Å². The lowest BCUT2D eigenvalue weighted by atomic mass is 10.1. The Labute approximate surface area is 272 Å². The van der Waals surface area contributed by atoms with Crippen LogP contribution in [-0.4, -0.2) is 47.5 Å². The average molecular weight is 642 g/mol. The van der Waals surface area contributed by atoms with Crippen molar-refractivity contribution >= 4 is 43.8 Å². The summed E-state index contributed by atoms with van der Waals surface area (Å²) in [5, 5.41) is 6.26. The third-order valence-corrected chi connectivity index (χ3v) is 8.07. The molecule has 0 saturated carbocycles. The number of fused-ring (bicyclic) bond motifs is 2. The van der Waals surface area contributed by atoms with Gasteiger partial charge in [-0.15, -0.1) is 0 Å². The van der Waals surface area contributed by atoms with E-state index in [0.717, 1.165) is 16.7 Å². The number of hydrogen-bond donors (Lipinski definition) is 0. The molecule has 0 unspecified atom stereocenters. The zero-order valence-electron chi connectivity index (χ0n) is 28.1. The van der Waals surface area contributed by atoms with Crippen molar-refractivity contribution in [1.29, 1.82) is 0 Å². The van der Waals surface area contributed by atoms with Gasteiger partial charge in [-0.3, -0.25) is 0 Å². The minimum absolute atomic E-state index is 0.107. The van der Waals surface area contributed by atoms with E-state index in [1.807, 2.05) is 81.4 Å². The highest BCUT2D eigenvalue weighted by atomic mass is 28.2. The first-order valence-electron chi connectivity index (χ1n) is 15.4. The molecule has 0 aliphatic carbocycles. The first-order chi connectivity index (χ1) is 21.5. The van der Waals surface area contributed by atoms with E-state index in [0.29, 0.717) is 40.2 Å². The van der Waals surface area contributed by atoms with Gasteiger partial charge < -0.3 is 18.6 Å². The van der Waals surface area contributed by atoms with Crippen molar-refractivity contribution in [2.24, 2.45) is 0 Å². The predicted octanol–water partition coefficient (Wildman–Crippen LogP) is 8.48. The molecular weight excluding hydrogens is 598 g/mol. The summed E-state index contributed by atoms with van der Waals surface area (Å²) >= 11 is 0. The molecule has 0 fully saturated rings. The van der Waals surface area contributed by atoms with Crippen molar-refractivity contribution in [3.8, 4) is 22.9 Å². The number of rotatable bonds is 6. The van der Waals surface area contributed by atoms with E-state index in [9.17, 15) is 9.59 Å². The number of ether oxygens (including phenoxy) is 3. The van der Waals surface area contributed by atoms with Crippen LogP contribution in [0.15, 0.2) is 72.8 Å². The van der Waals surface area contributed by atoms with Gasteiger partial charge in [0.25, 0.3) is 0 Å². The van der Waals surface area contributed by atoms with Crippen molar-refractivity contribution in [1.82, 2.24) is 14.3 Å². The van der Waals surface area contributed by atoms with Crippen LogP contribution in [0.5, 0.6) is 11.5 Å². The van der Waals surface area contributed by atoms with Crippen LogP contribution >= 0.6 is 0 Å². The SMILES string of the molecule is CC(C)(C)OC(=O)n1nc(-c2cc3cc(O[SiH2]C(C)(C)C)ccc3n2C(=O)OC(C)(C)C)c2cc(OCc3ccccc3)ccc21. The Hall–Kier alpha value is -4.57. The summed E-state index contributed by atoms with van der Waals surface area (Å²) in [7, 11) is -0.864. The van der Waals surface area contributed by atoms with Gasteiger partial charge in [0.05, 0.1) is 16.7 Å². The first-order valence-corrected chi connectivity index (χ1v) is 16.7. The van der Waals surface area contributed by atoms with E-state index in [-0.39, 0.29) is 5.04 Å². The minimum Gasteiger partial charge on any atom is -0.549 e. The fourth-order valence-corrected chi connectivity index (χ4v) is 5.60. The van der Waals surface area contributed by atoms with Crippen molar-refractivity contribution in [2.45, 2.75) is 85.2 Å². The molecule has 3 aromatic carbocycles. The fraction of sp³-hybridized carbons (Fsp3) is 0.361. The van der Waals surface area contributed by atoms with Gasteiger partial charge in [-0.25, -0.2) is 14.2 Å². The third-order valence-electron chi connectivity index (χ3n) is 6.73. The molecule has 0 aliphatic heterocycles. The zero-order chi connectivity index (χ0) is 33.4. The van der Waals surface area contributed by atoms with E-state index in [1.54, 1.807) is 32.9 Å². The van der Waals surface area contributed by atoms with E-state index >= 15 is 0 Å². The Balaban J connectivity index is 1.69. The predicted molar refractivity (Wildman–Crippen MR) is 184 cm³/mol. The number of benzene rings is 3. The summed E-state index contributed by atoms with van der Waals surface area (Å²) in [6, 6.07) is 22.8. The Morgan fingerprint density at radius 3 is 2.02 bits per heavy atom. The highest BCUT2D eigenvalue weighted by molar-refractivity contribution is 6.32. The maximum atomic E-state index is 13.8. The van der Waals surface area contributed by atoms with Gasteiger partial charge in [-0.2, -0.15) is 9.78 Å². The Morgan fingerprint density at radius 2 is 1.37 bits per heavy atom. The van der Waals surface area contributed by atoms with Crippen LogP contribution in [0.1, 0.15) is 67.9 Å². The van der Waals surface area contributed by atoms with Gasteiger partial charge in [-0.05, 0) is 94.6 Å². The summed E-state index contributed by atoms with van der Waals surface area (Å²) < 4.78 is 26.7. The van der Waals surface area contributed by atoms with Crippen LogP contribution in [-0.2, 0) is 16.1 Å². The van der Waals surface area contributed by atoms with Gasteiger partial charge in [0.15, 0.2) is 0 Å². The summed E-state index contributed by atoms with van der Waals surface area (Å²) in [4.78, 5) is 27.3. The summed E-state index contributed by atoms with van der Waals surface area (Å²) in [5.41, 5.74) is 1.53. The van der Waals surface area contributed by atoms with E-state index in [1.165, 1.54) is 9.25 Å². The monoisotopic (exact) mass is 641 g/mol. The van der Waals surface area contributed by atoms with Gasteiger partial charge in [-0.1, -0.05) is 51.1 Å². The minimum atomic E-state index is -0.864. The van der Waals surface area contributed by atoms with Crippen LogP contribution < -0.4 is 9.16 Å². The molecule has 0 N–H and O–H groups in total. The second-order valence-electron chi connectivity index (χ2n) is 14.6. The average Bonchev–Trinajstić information content (AvgIpc) is 3.51. The van der Waals surface area contributed by atoms with Crippen LogP contribution in [0, 0.1) is 0 Å². The molecular formula is C36H43N3O6Si. The lowest BCUT2D eigenvalue weighted by Gasteiger charge is -2.21. The van der Waals surface area contributed by atoms with Crippen LogP contribution in [0.4, 0.5) is 9.59 Å². The molecule has 0 saturated heterocycles. The van der Waals surface area contributed by atoms with Crippen molar-refractivity contribution in [2.75, 3.05) is 0 Å². The second kappa shape index (κ2) is 12.3. The molecule has 5 rings (SSSR count). The van der Waals surface area contributed by atoms with Crippen LogP contribution in [0.3, 0.4) is 0 Å². The van der Waals surface area contributed by atoms with E-state index < -0.39 is 33.2 Å². The lowest BCUT2D eigenvalue weighted by Crippen LogP contribution is -2.28. The molecule has 0 spiro atoms. The Morgan fingerprint density at radius 1 is 0.739 bits per heavy atom. The molecule has 2 aromatic heterocycles. The summed E-state index contributed by atoms with van der Waals surface area (Å²) in [6.45, 7) is 17.7. The molecule has 242 valence electrons. The quantitative estimate of drug-likeness (QED) is 0.172. The second-order valence-corrected chi connectivity index (χ2v) is 17.3. The maximum Gasteiger partial charge on any atom is 0.435 e. The van der Waals surface area contributed by atoms with E-state index in [2.05, 4.69) is 20.8 Å². The normalized spacial score (nSPS) is 12.6. The molecule has 0 aliphatic rings. The molecule has 0 amide bonds. The molecule has 0 radical (unpaired) electrons. The zero-order valence-corrected chi connectivity index (χ0v) is 29.5. The standard InChI is InChI=1S/C36H43N3O6Si/c1-34(2,3)43-32(40)38-28-17-16-26(45-46-36(7,8)9)19-24(28)20-30(38)31-27-21-25(42-22-23-13-11-10-12-14-23)15-18-29(27)39(37-31)33(41)44-35(4,5)6/h10-21H,22,46H2,1-9H3. The number of carbonyl (C=O) groups excluding carboxylic acids is 2. The number of nitrogens with zero attached hydrogens (tertiary/aromatic N) is 3. The molecule has 10 heteroatoms. The molecule has 46 heavy (non-hydrogen) atoms. The lowest BCUT2D eigenvalue weighted by molar-refractivity contribution is 0.0520. The van der Waals surface area contributed by atoms with Crippen molar-refractivity contribution in [3.05, 3.63) is 78.4 Å². The topological polar surface area (TPSA) is 93.8 Å².